The first-order chi connectivity index (χ1) is 9.19. The highest BCUT2D eigenvalue weighted by Crippen LogP contribution is 2.46. The van der Waals surface area contributed by atoms with Gasteiger partial charge in [-0.25, -0.2) is 0 Å². The minimum atomic E-state index is 0.138. The zero-order valence-corrected chi connectivity index (χ0v) is 12.3. The van der Waals surface area contributed by atoms with Crippen LogP contribution in [-0.4, -0.2) is 43.0 Å². The van der Waals surface area contributed by atoms with Gasteiger partial charge in [0.15, 0.2) is 0 Å². The molecule has 1 atom stereocenters. The fourth-order valence-corrected chi connectivity index (χ4v) is 3.83. The van der Waals surface area contributed by atoms with Crippen LogP contribution in [0, 0.1) is 5.41 Å². The van der Waals surface area contributed by atoms with Crippen LogP contribution in [0.5, 0.6) is 0 Å². The van der Waals surface area contributed by atoms with E-state index < -0.39 is 0 Å². The summed E-state index contributed by atoms with van der Waals surface area (Å²) in [5.74, 6) is 0.138. The minimum Gasteiger partial charge on any atom is -0.356 e. The van der Waals surface area contributed by atoms with E-state index in [4.69, 9.17) is 5.73 Å². The number of amides is 1. The maximum absolute atomic E-state index is 11.7. The summed E-state index contributed by atoms with van der Waals surface area (Å²) < 4.78 is 0. The molecule has 1 amide bonds. The molecule has 1 aliphatic carbocycles. The SMILES string of the molecule is CCNC(=O)CC(CN)N1CCC2(CCCC2)CC1. The van der Waals surface area contributed by atoms with Crippen molar-refractivity contribution in [2.75, 3.05) is 26.2 Å². The molecule has 2 fully saturated rings. The summed E-state index contributed by atoms with van der Waals surface area (Å²) in [5, 5.41) is 2.88. The third-order valence-corrected chi connectivity index (χ3v) is 5.11. The number of rotatable bonds is 5. The molecular weight excluding hydrogens is 238 g/mol. The molecule has 0 bridgehead atoms. The van der Waals surface area contributed by atoms with Crippen LogP contribution >= 0.6 is 0 Å². The Morgan fingerprint density at radius 2 is 1.89 bits per heavy atom. The van der Waals surface area contributed by atoms with Crippen LogP contribution in [0.2, 0.25) is 0 Å². The van der Waals surface area contributed by atoms with Crippen molar-refractivity contribution in [3.05, 3.63) is 0 Å². The first kappa shape index (κ1) is 14.8. The molecular formula is C15H29N3O. The lowest BCUT2D eigenvalue weighted by Gasteiger charge is -2.42. The lowest BCUT2D eigenvalue weighted by Crippen LogP contribution is -2.49. The molecule has 1 saturated carbocycles. The minimum absolute atomic E-state index is 0.138. The molecule has 3 N–H and O–H groups in total. The second-order valence-corrected chi connectivity index (χ2v) is 6.29. The molecule has 1 heterocycles. The van der Waals surface area contributed by atoms with Crippen molar-refractivity contribution in [1.82, 2.24) is 10.2 Å². The van der Waals surface area contributed by atoms with E-state index in [9.17, 15) is 4.79 Å². The molecule has 0 radical (unpaired) electrons. The molecule has 1 aliphatic heterocycles. The Kier molecular flexibility index (Phi) is 5.22. The molecule has 4 nitrogen and oxygen atoms in total. The maximum Gasteiger partial charge on any atom is 0.221 e. The van der Waals surface area contributed by atoms with Crippen molar-refractivity contribution in [3.63, 3.8) is 0 Å². The second-order valence-electron chi connectivity index (χ2n) is 6.29. The quantitative estimate of drug-likeness (QED) is 0.793. The van der Waals surface area contributed by atoms with Gasteiger partial charge in [0.1, 0.15) is 0 Å². The molecule has 1 unspecified atom stereocenters. The van der Waals surface area contributed by atoms with E-state index in [0.29, 0.717) is 24.9 Å². The summed E-state index contributed by atoms with van der Waals surface area (Å²) in [5.41, 5.74) is 6.51. The fourth-order valence-electron chi connectivity index (χ4n) is 3.83. The summed E-state index contributed by atoms with van der Waals surface area (Å²) in [7, 11) is 0. The zero-order valence-electron chi connectivity index (χ0n) is 12.3. The number of likely N-dealkylation sites (tertiary alicyclic amines) is 1. The van der Waals surface area contributed by atoms with Crippen LogP contribution in [0.3, 0.4) is 0 Å². The normalized spacial score (nSPS) is 24.5. The maximum atomic E-state index is 11.7. The van der Waals surface area contributed by atoms with E-state index in [1.54, 1.807) is 0 Å². The van der Waals surface area contributed by atoms with E-state index in [2.05, 4.69) is 10.2 Å². The molecule has 1 spiro atoms. The first-order valence-corrected chi connectivity index (χ1v) is 7.90. The Morgan fingerprint density at radius 3 is 2.42 bits per heavy atom. The molecule has 0 aromatic carbocycles. The number of carbonyl (C=O) groups excluding carboxylic acids is 1. The third-order valence-electron chi connectivity index (χ3n) is 5.11. The van der Waals surface area contributed by atoms with Gasteiger partial charge in [-0.3, -0.25) is 9.69 Å². The predicted octanol–water partition coefficient (Wildman–Crippen LogP) is 1.50. The van der Waals surface area contributed by atoms with Gasteiger partial charge in [-0.15, -0.1) is 0 Å². The smallest absolute Gasteiger partial charge is 0.221 e. The van der Waals surface area contributed by atoms with Crippen LogP contribution in [0.25, 0.3) is 0 Å². The molecule has 2 rings (SSSR count). The van der Waals surface area contributed by atoms with Gasteiger partial charge < -0.3 is 11.1 Å². The van der Waals surface area contributed by atoms with Crippen LogP contribution in [0.4, 0.5) is 0 Å². The highest BCUT2D eigenvalue weighted by molar-refractivity contribution is 5.76. The monoisotopic (exact) mass is 267 g/mol. The van der Waals surface area contributed by atoms with Crippen LogP contribution < -0.4 is 11.1 Å². The van der Waals surface area contributed by atoms with Gasteiger partial charge in [0, 0.05) is 25.6 Å². The average molecular weight is 267 g/mol. The van der Waals surface area contributed by atoms with Gasteiger partial charge in [0.2, 0.25) is 5.91 Å². The lowest BCUT2D eigenvalue weighted by molar-refractivity contribution is -0.122. The molecule has 110 valence electrons. The van der Waals surface area contributed by atoms with Crippen molar-refractivity contribution in [1.29, 1.82) is 0 Å². The standard InChI is InChI=1S/C15H29N3O/c1-2-17-14(19)11-13(12-16)18-9-7-15(8-10-18)5-3-4-6-15/h13H,2-12,16H2,1H3,(H,17,19). The molecule has 0 aromatic rings. The predicted molar refractivity (Wildman–Crippen MR) is 77.9 cm³/mol. The molecule has 19 heavy (non-hydrogen) atoms. The molecule has 1 saturated heterocycles. The van der Waals surface area contributed by atoms with E-state index >= 15 is 0 Å². The number of piperidine rings is 1. The highest BCUT2D eigenvalue weighted by atomic mass is 16.1. The van der Waals surface area contributed by atoms with Gasteiger partial charge in [0.25, 0.3) is 0 Å². The Morgan fingerprint density at radius 1 is 1.26 bits per heavy atom. The Bertz CT molecular complexity index is 290. The molecule has 2 aliphatic rings. The number of nitrogens with zero attached hydrogens (tertiary/aromatic N) is 1. The Balaban J connectivity index is 1.82. The summed E-state index contributed by atoms with van der Waals surface area (Å²) >= 11 is 0. The van der Waals surface area contributed by atoms with Crippen molar-refractivity contribution in [3.8, 4) is 0 Å². The number of nitrogens with one attached hydrogen (secondary N) is 1. The number of carbonyl (C=O) groups is 1. The topological polar surface area (TPSA) is 58.4 Å². The number of hydrogen-bond acceptors (Lipinski definition) is 3. The largest absolute Gasteiger partial charge is 0.356 e. The van der Waals surface area contributed by atoms with Crippen molar-refractivity contribution < 1.29 is 4.79 Å². The average Bonchev–Trinajstić information content (AvgIpc) is 2.86. The molecule has 4 heteroatoms. The third kappa shape index (κ3) is 3.69. The second kappa shape index (κ2) is 6.71. The van der Waals surface area contributed by atoms with Gasteiger partial charge in [-0.1, -0.05) is 12.8 Å². The first-order valence-electron chi connectivity index (χ1n) is 7.90. The summed E-state index contributed by atoms with van der Waals surface area (Å²) in [4.78, 5) is 14.2. The van der Waals surface area contributed by atoms with E-state index in [-0.39, 0.29) is 11.9 Å². The van der Waals surface area contributed by atoms with Crippen molar-refractivity contribution >= 4 is 5.91 Å². The van der Waals surface area contributed by atoms with Gasteiger partial charge in [-0.2, -0.15) is 0 Å². The van der Waals surface area contributed by atoms with Crippen LogP contribution in [0.1, 0.15) is 51.9 Å². The van der Waals surface area contributed by atoms with Crippen LogP contribution in [0.15, 0.2) is 0 Å². The van der Waals surface area contributed by atoms with Crippen molar-refractivity contribution in [2.45, 2.75) is 57.9 Å². The molecule has 0 aromatic heterocycles. The Hall–Kier alpha value is -0.610. The summed E-state index contributed by atoms with van der Waals surface area (Å²) in [6, 6.07) is 0.227. The van der Waals surface area contributed by atoms with E-state index in [1.807, 2.05) is 6.92 Å². The van der Waals surface area contributed by atoms with E-state index in [1.165, 1.54) is 38.5 Å². The van der Waals surface area contributed by atoms with Gasteiger partial charge in [0.05, 0.1) is 0 Å². The van der Waals surface area contributed by atoms with Crippen LogP contribution in [-0.2, 0) is 4.79 Å². The van der Waals surface area contributed by atoms with E-state index in [0.717, 1.165) is 13.1 Å². The summed E-state index contributed by atoms with van der Waals surface area (Å²) in [6.45, 7) is 5.51. The zero-order chi connectivity index (χ0) is 13.7. The Labute approximate surface area is 117 Å². The number of hydrogen-bond donors (Lipinski definition) is 2. The highest BCUT2D eigenvalue weighted by Gasteiger charge is 2.38. The fraction of sp³-hybridized carbons (Fsp3) is 0.933. The summed E-state index contributed by atoms with van der Waals surface area (Å²) in [6.07, 6.45) is 8.84. The van der Waals surface area contributed by atoms with Gasteiger partial charge >= 0.3 is 0 Å². The van der Waals surface area contributed by atoms with Crippen molar-refractivity contribution in [2.24, 2.45) is 11.1 Å². The number of nitrogens with two attached hydrogens (primary N) is 1. The van der Waals surface area contributed by atoms with Gasteiger partial charge in [-0.05, 0) is 51.1 Å². The lowest BCUT2D eigenvalue weighted by atomic mass is 9.76.